The SMILES string of the molecule is CC(C)C(NC(=O)NCCc1ccc(Br)cc1)C(=O)O. The third kappa shape index (κ3) is 5.61. The minimum Gasteiger partial charge on any atom is -0.480 e. The molecule has 0 saturated heterocycles. The van der Waals surface area contributed by atoms with E-state index in [4.69, 9.17) is 5.11 Å². The first-order valence-corrected chi connectivity index (χ1v) is 7.21. The number of hydrogen-bond donors (Lipinski definition) is 3. The summed E-state index contributed by atoms with van der Waals surface area (Å²) in [5, 5.41) is 14.1. The molecule has 1 aromatic rings. The van der Waals surface area contributed by atoms with Crippen molar-refractivity contribution >= 4 is 27.9 Å². The van der Waals surface area contributed by atoms with E-state index in [0.29, 0.717) is 13.0 Å². The zero-order valence-corrected chi connectivity index (χ0v) is 13.1. The first-order chi connectivity index (χ1) is 9.40. The lowest BCUT2D eigenvalue weighted by Crippen LogP contribution is -2.48. The predicted octanol–water partition coefficient (Wildman–Crippen LogP) is 2.40. The van der Waals surface area contributed by atoms with E-state index in [0.717, 1.165) is 10.0 Å². The van der Waals surface area contributed by atoms with Gasteiger partial charge in [-0.1, -0.05) is 41.9 Å². The fourth-order valence-corrected chi connectivity index (χ4v) is 1.94. The molecule has 2 amide bonds. The predicted molar refractivity (Wildman–Crippen MR) is 80.6 cm³/mol. The quantitative estimate of drug-likeness (QED) is 0.742. The van der Waals surface area contributed by atoms with Gasteiger partial charge in [-0.15, -0.1) is 0 Å². The Bertz CT molecular complexity index is 460. The average Bonchev–Trinajstić information content (AvgIpc) is 2.37. The van der Waals surface area contributed by atoms with Gasteiger partial charge in [0, 0.05) is 11.0 Å². The molecule has 1 rings (SSSR count). The van der Waals surface area contributed by atoms with Gasteiger partial charge in [0.1, 0.15) is 6.04 Å². The van der Waals surface area contributed by atoms with E-state index in [2.05, 4.69) is 26.6 Å². The Balaban J connectivity index is 2.36. The molecule has 1 atom stereocenters. The average molecular weight is 343 g/mol. The van der Waals surface area contributed by atoms with Crippen LogP contribution in [0.3, 0.4) is 0 Å². The van der Waals surface area contributed by atoms with Gasteiger partial charge in [-0.2, -0.15) is 0 Å². The van der Waals surface area contributed by atoms with E-state index in [1.807, 2.05) is 24.3 Å². The highest BCUT2D eigenvalue weighted by Crippen LogP contribution is 2.10. The summed E-state index contributed by atoms with van der Waals surface area (Å²) in [6.07, 6.45) is 0.695. The number of nitrogens with one attached hydrogen (secondary N) is 2. The molecule has 20 heavy (non-hydrogen) atoms. The minimum atomic E-state index is -1.02. The van der Waals surface area contributed by atoms with E-state index in [1.54, 1.807) is 13.8 Å². The molecule has 3 N–H and O–H groups in total. The van der Waals surface area contributed by atoms with E-state index in [-0.39, 0.29) is 5.92 Å². The van der Waals surface area contributed by atoms with Crippen LogP contribution in [0.5, 0.6) is 0 Å². The molecule has 0 aliphatic rings. The number of urea groups is 1. The number of rotatable bonds is 6. The molecular formula is C14H19BrN2O3. The molecule has 0 radical (unpaired) electrons. The Labute approximate surface area is 126 Å². The summed E-state index contributed by atoms with van der Waals surface area (Å²) in [5.74, 6) is -1.19. The number of carboxylic acid groups (broad SMARTS) is 1. The van der Waals surface area contributed by atoms with Crippen LogP contribution in [0.25, 0.3) is 0 Å². The van der Waals surface area contributed by atoms with Gasteiger partial charge in [-0.25, -0.2) is 9.59 Å². The molecule has 5 nitrogen and oxygen atoms in total. The Hall–Kier alpha value is -1.56. The summed E-state index contributed by atoms with van der Waals surface area (Å²) in [6.45, 7) is 3.96. The summed E-state index contributed by atoms with van der Waals surface area (Å²) in [7, 11) is 0. The van der Waals surface area contributed by atoms with Gasteiger partial charge in [-0.05, 0) is 30.0 Å². The zero-order valence-electron chi connectivity index (χ0n) is 11.5. The van der Waals surface area contributed by atoms with Crippen LogP contribution in [0.15, 0.2) is 28.7 Å². The maximum Gasteiger partial charge on any atom is 0.326 e. The Morgan fingerprint density at radius 3 is 2.35 bits per heavy atom. The summed E-state index contributed by atoms with van der Waals surface area (Å²) in [5.41, 5.74) is 1.10. The van der Waals surface area contributed by atoms with Crippen molar-refractivity contribution in [2.75, 3.05) is 6.54 Å². The number of carbonyl (C=O) groups is 2. The largest absolute Gasteiger partial charge is 0.480 e. The van der Waals surface area contributed by atoms with Gasteiger partial charge >= 0.3 is 12.0 Å². The fraction of sp³-hybridized carbons (Fsp3) is 0.429. The Morgan fingerprint density at radius 1 is 1.25 bits per heavy atom. The van der Waals surface area contributed by atoms with Gasteiger partial charge in [0.05, 0.1) is 0 Å². The molecule has 0 spiro atoms. The topological polar surface area (TPSA) is 78.4 Å². The van der Waals surface area contributed by atoms with Crippen LogP contribution in [0.1, 0.15) is 19.4 Å². The van der Waals surface area contributed by atoms with Gasteiger partial charge in [0.25, 0.3) is 0 Å². The molecule has 6 heteroatoms. The number of halogens is 1. The monoisotopic (exact) mass is 342 g/mol. The van der Waals surface area contributed by atoms with Crippen LogP contribution in [-0.4, -0.2) is 29.7 Å². The van der Waals surface area contributed by atoms with Crippen molar-refractivity contribution in [2.45, 2.75) is 26.3 Å². The normalized spacial score (nSPS) is 12.0. The van der Waals surface area contributed by atoms with Crippen molar-refractivity contribution in [3.05, 3.63) is 34.3 Å². The lowest BCUT2D eigenvalue weighted by molar-refractivity contribution is -0.140. The maximum absolute atomic E-state index is 11.6. The molecule has 0 saturated carbocycles. The number of benzene rings is 1. The maximum atomic E-state index is 11.6. The molecule has 0 bridgehead atoms. The number of carbonyl (C=O) groups excluding carboxylic acids is 1. The van der Waals surface area contributed by atoms with Crippen molar-refractivity contribution in [2.24, 2.45) is 5.92 Å². The van der Waals surface area contributed by atoms with E-state index in [9.17, 15) is 9.59 Å². The standard InChI is InChI=1S/C14H19BrN2O3/c1-9(2)12(13(18)19)17-14(20)16-8-7-10-3-5-11(15)6-4-10/h3-6,9,12H,7-8H2,1-2H3,(H,18,19)(H2,16,17,20). The molecular weight excluding hydrogens is 324 g/mol. The van der Waals surface area contributed by atoms with Crippen LogP contribution in [-0.2, 0) is 11.2 Å². The van der Waals surface area contributed by atoms with E-state index >= 15 is 0 Å². The lowest BCUT2D eigenvalue weighted by atomic mass is 10.1. The second-order valence-corrected chi connectivity index (χ2v) is 5.75. The van der Waals surface area contributed by atoms with Crippen LogP contribution < -0.4 is 10.6 Å². The molecule has 1 unspecified atom stereocenters. The third-order valence-corrected chi connectivity index (χ3v) is 3.36. The van der Waals surface area contributed by atoms with Crippen molar-refractivity contribution in [1.82, 2.24) is 10.6 Å². The molecule has 0 aliphatic carbocycles. The second-order valence-electron chi connectivity index (χ2n) is 4.84. The van der Waals surface area contributed by atoms with Crippen LogP contribution in [0, 0.1) is 5.92 Å². The molecule has 110 valence electrons. The van der Waals surface area contributed by atoms with Crippen molar-refractivity contribution < 1.29 is 14.7 Å². The lowest BCUT2D eigenvalue weighted by Gasteiger charge is -2.18. The Morgan fingerprint density at radius 2 is 1.85 bits per heavy atom. The highest BCUT2D eigenvalue weighted by Gasteiger charge is 2.22. The summed E-state index contributed by atoms with van der Waals surface area (Å²) >= 11 is 3.36. The van der Waals surface area contributed by atoms with Crippen molar-refractivity contribution in [1.29, 1.82) is 0 Å². The summed E-state index contributed by atoms with van der Waals surface area (Å²) in [6, 6.07) is 6.49. The third-order valence-electron chi connectivity index (χ3n) is 2.83. The number of aliphatic carboxylic acids is 1. The summed E-state index contributed by atoms with van der Waals surface area (Å²) < 4.78 is 1.01. The van der Waals surface area contributed by atoms with Gasteiger partial charge in [0.15, 0.2) is 0 Å². The molecule has 0 fully saturated rings. The van der Waals surface area contributed by atoms with Crippen LogP contribution in [0.4, 0.5) is 4.79 Å². The highest BCUT2D eigenvalue weighted by molar-refractivity contribution is 9.10. The fourth-order valence-electron chi connectivity index (χ4n) is 1.68. The van der Waals surface area contributed by atoms with Crippen molar-refractivity contribution in [3.8, 4) is 0 Å². The second kappa shape index (κ2) is 7.89. The van der Waals surface area contributed by atoms with Gasteiger partial charge in [-0.3, -0.25) is 0 Å². The van der Waals surface area contributed by atoms with Gasteiger partial charge < -0.3 is 15.7 Å². The van der Waals surface area contributed by atoms with E-state index in [1.165, 1.54) is 0 Å². The number of hydrogen-bond acceptors (Lipinski definition) is 2. The highest BCUT2D eigenvalue weighted by atomic mass is 79.9. The van der Waals surface area contributed by atoms with Crippen LogP contribution in [0.2, 0.25) is 0 Å². The smallest absolute Gasteiger partial charge is 0.326 e. The summed E-state index contributed by atoms with van der Waals surface area (Å²) in [4.78, 5) is 22.6. The minimum absolute atomic E-state index is 0.162. The molecule has 1 aromatic carbocycles. The molecule has 0 aliphatic heterocycles. The van der Waals surface area contributed by atoms with E-state index < -0.39 is 18.0 Å². The number of amides is 2. The number of carboxylic acids is 1. The zero-order chi connectivity index (χ0) is 15.1. The molecule has 0 aromatic heterocycles. The van der Waals surface area contributed by atoms with Crippen molar-refractivity contribution in [3.63, 3.8) is 0 Å². The van der Waals surface area contributed by atoms with Gasteiger partial charge in [0.2, 0.25) is 0 Å². The van der Waals surface area contributed by atoms with Crippen LogP contribution >= 0.6 is 15.9 Å². The first kappa shape index (κ1) is 16.5. The Kier molecular flexibility index (Phi) is 6.51. The molecule has 0 heterocycles. The first-order valence-electron chi connectivity index (χ1n) is 6.41.